The zero-order chi connectivity index (χ0) is 34.4. The van der Waals surface area contributed by atoms with Gasteiger partial charge in [0.05, 0.1) is 21.1 Å². The molecule has 0 aromatic rings. The molecule has 2 atom stereocenters. The van der Waals surface area contributed by atoms with Crippen LogP contribution in [0.4, 0.5) is 0 Å². The largest absolute Gasteiger partial charge is 0.376 e. The van der Waals surface area contributed by atoms with Gasteiger partial charge in [-0.3, -0.25) is 9.59 Å². The van der Waals surface area contributed by atoms with Gasteiger partial charge in [0.25, 0.3) is 0 Å². The molecule has 0 rings (SSSR count). The summed E-state index contributed by atoms with van der Waals surface area (Å²) >= 11 is 0. The number of hydrogen-bond donors (Lipinski definition) is 1. The molecule has 1 N–H and O–H groups in total. The van der Waals surface area contributed by atoms with E-state index in [1.807, 2.05) is 21.1 Å². The lowest BCUT2D eigenvalue weighted by Crippen LogP contribution is -2.64. The fraction of sp³-hybridized carbons (Fsp3) is 0.857. The van der Waals surface area contributed by atoms with Crippen LogP contribution in [0.5, 0.6) is 0 Å². The average Bonchev–Trinajstić information content (AvgIpc) is 3.00. The Balaban J connectivity index is 4.15. The molecule has 0 bridgehead atoms. The van der Waals surface area contributed by atoms with E-state index in [4.69, 9.17) is 0 Å². The maximum Gasteiger partial charge on any atom is 0.193 e. The third-order valence-corrected chi connectivity index (χ3v) is 9.53. The summed E-state index contributed by atoms with van der Waals surface area (Å²) in [5, 5.41) is 11.4. The van der Waals surface area contributed by atoms with Crippen molar-refractivity contribution < 1.29 is 19.2 Å². The third kappa shape index (κ3) is 24.9. The first-order chi connectivity index (χ1) is 22.1. The van der Waals surface area contributed by atoms with E-state index in [9.17, 15) is 14.7 Å². The Hall–Kier alpha value is -1.26. The zero-order valence-electron chi connectivity index (χ0n) is 31.9. The standard InChI is InChI=1S/C42H80NO3/c1-7-9-11-13-15-17-19-21-23-25-27-29-31-33-35-37-39(44)41(43(4,5)6)42(3,46)40(45)38-36-34-32-30-28-26-24-22-20-18-16-14-12-10-8-2/h21-24,41,46H,7-20,25-38H2,1-6H3/q+1/b23-21-,24-22-. The van der Waals surface area contributed by atoms with Crippen LogP contribution in [0.3, 0.4) is 0 Å². The lowest BCUT2D eigenvalue weighted by molar-refractivity contribution is -0.892. The molecular weight excluding hydrogens is 566 g/mol. The van der Waals surface area contributed by atoms with E-state index in [1.165, 1.54) is 116 Å². The molecule has 0 fully saturated rings. The van der Waals surface area contributed by atoms with E-state index in [0.717, 1.165) is 51.4 Å². The number of aliphatic hydroxyl groups is 1. The van der Waals surface area contributed by atoms with E-state index >= 15 is 0 Å². The molecule has 0 saturated carbocycles. The Morgan fingerprint density at radius 2 is 0.826 bits per heavy atom. The number of hydrogen-bond acceptors (Lipinski definition) is 3. The molecule has 0 aromatic carbocycles. The first kappa shape index (κ1) is 44.7. The van der Waals surface area contributed by atoms with Crippen molar-refractivity contribution in [3.05, 3.63) is 24.3 Å². The van der Waals surface area contributed by atoms with E-state index in [0.29, 0.717) is 12.8 Å². The summed E-state index contributed by atoms with van der Waals surface area (Å²) in [5.41, 5.74) is -1.63. The molecule has 46 heavy (non-hydrogen) atoms. The molecule has 0 radical (unpaired) electrons. The first-order valence-corrected chi connectivity index (χ1v) is 20.0. The molecule has 0 aliphatic rings. The van der Waals surface area contributed by atoms with Crippen LogP contribution in [-0.2, 0) is 9.59 Å². The quantitative estimate of drug-likeness (QED) is 0.0430. The number of ketones is 2. The zero-order valence-corrected chi connectivity index (χ0v) is 31.9. The molecule has 0 aromatic heterocycles. The number of allylic oxidation sites excluding steroid dienone is 4. The van der Waals surface area contributed by atoms with E-state index < -0.39 is 11.6 Å². The molecule has 0 aliphatic carbocycles. The maximum absolute atomic E-state index is 13.3. The van der Waals surface area contributed by atoms with Gasteiger partial charge in [0.2, 0.25) is 0 Å². The minimum Gasteiger partial charge on any atom is -0.376 e. The van der Waals surface area contributed by atoms with Gasteiger partial charge in [-0.05, 0) is 71.1 Å². The van der Waals surface area contributed by atoms with Crippen LogP contribution in [0.15, 0.2) is 24.3 Å². The van der Waals surface area contributed by atoms with Crippen molar-refractivity contribution in [3.8, 4) is 0 Å². The summed E-state index contributed by atoms with van der Waals surface area (Å²) in [5.74, 6) is -0.158. The summed E-state index contributed by atoms with van der Waals surface area (Å²) in [6, 6.07) is -0.722. The lowest BCUT2D eigenvalue weighted by atomic mass is 9.83. The molecule has 0 saturated heterocycles. The lowest BCUT2D eigenvalue weighted by Gasteiger charge is -2.40. The molecule has 0 spiro atoms. The second kappa shape index (κ2) is 29.8. The van der Waals surface area contributed by atoms with Crippen LogP contribution < -0.4 is 0 Å². The van der Waals surface area contributed by atoms with Crippen LogP contribution in [0.1, 0.15) is 201 Å². The molecule has 0 aliphatic heterocycles. The molecule has 270 valence electrons. The van der Waals surface area contributed by atoms with E-state index in [1.54, 1.807) is 6.92 Å². The number of carbonyl (C=O) groups excluding carboxylic acids is 2. The van der Waals surface area contributed by atoms with Gasteiger partial charge < -0.3 is 9.59 Å². The molecular formula is C42H80NO3+. The molecule has 4 heteroatoms. The summed E-state index contributed by atoms with van der Waals surface area (Å²) in [7, 11) is 5.77. The van der Waals surface area contributed by atoms with Gasteiger partial charge >= 0.3 is 0 Å². The van der Waals surface area contributed by atoms with E-state index in [-0.39, 0.29) is 16.0 Å². The Bertz CT molecular complexity index is 776. The fourth-order valence-corrected chi connectivity index (χ4v) is 6.77. The SMILES string of the molecule is CCCCCCCC/C=C\CCCCCCCC(=O)C(C(C)(O)C(=O)CCCCCCC/C=C\CCCCCCCC)[N+](C)(C)C. The summed E-state index contributed by atoms with van der Waals surface area (Å²) in [6.45, 7) is 6.11. The van der Waals surface area contributed by atoms with Gasteiger partial charge in [0.1, 0.15) is 0 Å². The van der Waals surface area contributed by atoms with Gasteiger partial charge in [-0.1, -0.05) is 141 Å². The molecule has 0 amide bonds. The Labute approximate surface area is 287 Å². The minimum atomic E-state index is -1.63. The highest BCUT2D eigenvalue weighted by Gasteiger charge is 2.50. The normalized spacial score (nSPS) is 14.3. The van der Waals surface area contributed by atoms with Crippen molar-refractivity contribution in [2.24, 2.45) is 0 Å². The molecule has 0 heterocycles. The Kier molecular flexibility index (Phi) is 29.0. The van der Waals surface area contributed by atoms with Crippen molar-refractivity contribution in [2.75, 3.05) is 21.1 Å². The van der Waals surface area contributed by atoms with Crippen molar-refractivity contribution >= 4 is 11.6 Å². The summed E-state index contributed by atoms with van der Waals surface area (Å²) < 4.78 is 0.273. The maximum atomic E-state index is 13.3. The monoisotopic (exact) mass is 647 g/mol. The second-order valence-electron chi connectivity index (χ2n) is 15.2. The van der Waals surface area contributed by atoms with Crippen LogP contribution >= 0.6 is 0 Å². The predicted octanol–water partition coefficient (Wildman–Crippen LogP) is 12.0. The van der Waals surface area contributed by atoms with Crippen LogP contribution in [0.2, 0.25) is 0 Å². The number of carbonyl (C=O) groups is 2. The number of Topliss-reactive ketones (excluding diaryl/α,β-unsaturated/α-hetero) is 2. The van der Waals surface area contributed by atoms with Gasteiger partial charge in [-0.15, -0.1) is 0 Å². The minimum absolute atomic E-state index is 0.0213. The molecule has 4 nitrogen and oxygen atoms in total. The smallest absolute Gasteiger partial charge is 0.193 e. The number of nitrogens with zero attached hydrogens (tertiary/aromatic N) is 1. The third-order valence-electron chi connectivity index (χ3n) is 9.53. The summed E-state index contributed by atoms with van der Waals surface area (Å²) in [4.78, 5) is 26.5. The van der Waals surface area contributed by atoms with Crippen molar-refractivity contribution in [3.63, 3.8) is 0 Å². The van der Waals surface area contributed by atoms with Crippen molar-refractivity contribution in [2.45, 2.75) is 212 Å². The van der Waals surface area contributed by atoms with E-state index in [2.05, 4.69) is 38.2 Å². The predicted molar refractivity (Wildman–Crippen MR) is 201 cm³/mol. The average molecular weight is 647 g/mol. The first-order valence-electron chi connectivity index (χ1n) is 20.0. The number of rotatable bonds is 34. The summed E-state index contributed by atoms with van der Waals surface area (Å²) in [6.07, 6.45) is 41.9. The van der Waals surface area contributed by atoms with Gasteiger partial charge in [-0.25, -0.2) is 0 Å². The Morgan fingerprint density at radius 3 is 1.17 bits per heavy atom. The number of likely N-dealkylation sites (N-methyl/N-ethyl adjacent to an activating group) is 1. The van der Waals surface area contributed by atoms with Crippen LogP contribution in [0.25, 0.3) is 0 Å². The Morgan fingerprint density at radius 1 is 0.522 bits per heavy atom. The van der Waals surface area contributed by atoms with Gasteiger partial charge in [0.15, 0.2) is 23.2 Å². The highest BCUT2D eigenvalue weighted by Crippen LogP contribution is 2.26. The topological polar surface area (TPSA) is 54.4 Å². The second-order valence-corrected chi connectivity index (χ2v) is 15.2. The van der Waals surface area contributed by atoms with Crippen molar-refractivity contribution in [1.29, 1.82) is 0 Å². The van der Waals surface area contributed by atoms with Gasteiger partial charge in [-0.2, -0.15) is 0 Å². The van der Waals surface area contributed by atoms with Crippen LogP contribution in [-0.4, -0.2) is 53.9 Å². The number of unbranched alkanes of at least 4 members (excludes halogenated alkanes) is 22. The van der Waals surface area contributed by atoms with Gasteiger partial charge in [0, 0.05) is 12.8 Å². The fourth-order valence-electron chi connectivity index (χ4n) is 6.77. The number of quaternary nitrogens is 1. The highest BCUT2D eigenvalue weighted by atomic mass is 16.3. The molecule has 2 unspecified atom stereocenters. The van der Waals surface area contributed by atoms with Crippen molar-refractivity contribution in [1.82, 2.24) is 0 Å². The highest BCUT2D eigenvalue weighted by molar-refractivity contribution is 5.95. The van der Waals surface area contributed by atoms with Crippen LogP contribution in [0, 0.1) is 0 Å².